The zero-order valence-corrected chi connectivity index (χ0v) is 15.5. The molecule has 122 valence electrons. The number of halogens is 1. The Morgan fingerprint density at radius 1 is 1.22 bits per heavy atom. The van der Waals surface area contributed by atoms with Crippen molar-refractivity contribution in [3.05, 3.63) is 53.5 Å². The molecular formula is C17H20ClN3S2. The molecule has 0 aliphatic heterocycles. The number of pyridine rings is 1. The summed E-state index contributed by atoms with van der Waals surface area (Å²) in [6, 6.07) is 10.2. The Bertz CT molecular complexity index is 740. The van der Waals surface area contributed by atoms with Gasteiger partial charge >= 0.3 is 0 Å². The molecule has 0 radical (unpaired) electrons. The average molecular weight is 366 g/mol. The van der Waals surface area contributed by atoms with Crippen molar-refractivity contribution in [3.8, 4) is 0 Å². The summed E-state index contributed by atoms with van der Waals surface area (Å²) in [7, 11) is 0. The van der Waals surface area contributed by atoms with Crippen molar-refractivity contribution < 1.29 is 0 Å². The fraction of sp³-hybridized carbons (Fsp3) is 0.294. The zero-order chi connectivity index (χ0) is 15.4. The molecule has 0 aliphatic carbocycles. The number of fused-ring (bicyclic) bond motifs is 1. The number of aromatic amines is 1. The van der Waals surface area contributed by atoms with Crippen LogP contribution in [0, 0.1) is 6.92 Å². The molecule has 0 saturated heterocycles. The van der Waals surface area contributed by atoms with Crippen molar-refractivity contribution in [2.45, 2.75) is 30.5 Å². The number of aromatic nitrogens is 3. The molecule has 0 saturated carbocycles. The molecule has 0 amide bonds. The lowest BCUT2D eigenvalue weighted by molar-refractivity contribution is 0.900. The summed E-state index contributed by atoms with van der Waals surface area (Å²) in [6.07, 6.45) is 4.07. The van der Waals surface area contributed by atoms with Gasteiger partial charge in [-0.15, -0.1) is 12.4 Å². The van der Waals surface area contributed by atoms with E-state index in [0.29, 0.717) is 0 Å². The van der Waals surface area contributed by atoms with E-state index in [1.54, 1.807) is 11.8 Å². The predicted octanol–water partition coefficient (Wildman–Crippen LogP) is 4.84. The highest BCUT2D eigenvalue weighted by molar-refractivity contribution is 7.98. The van der Waals surface area contributed by atoms with Crippen molar-refractivity contribution >= 4 is 47.8 Å². The van der Waals surface area contributed by atoms with Crippen LogP contribution in [-0.2, 0) is 12.2 Å². The quantitative estimate of drug-likeness (QED) is 0.485. The fourth-order valence-corrected chi connectivity index (χ4v) is 3.50. The van der Waals surface area contributed by atoms with Gasteiger partial charge in [0.1, 0.15) is 5.82 Å². The van der Waals surface area contributed by atoms with E-state index < -0.39 is 0 Å². The standard InChI is InChI=1S/C17H19N3S2.ClH/c1-12-13(5-4-10-21)8-9-18-17(12)22-11-16-19-14-6-2-3-7-15(14)20-16;/h2-3,6-9,21H,4-5,10-11H2,1H3,(H,19,20);1H. The van der Waals surface area contributed by atoms with E-state index in [4.69, 9.17) is 0 Å². The molecule has 3 aromatic rings. The van der Waals surface area contributed by atoms with Crippen LogP contribution >= 0.6 is 36.8 Å². The predicted molar refractivity (Wildman–Crippen MR) is 104 cm³/mol. The molecule has 3 nitrogen and oxygen atoms in total. The molecule has 0 spiro atoms. The number of thiol groups is 1. The molecule has 23 heavy (non-hydrogen) atoms. The van der Waals surface area contributed by atoms with E-state index in [2.05, 4.69) is 46.6 Å². The van der Waals surface area contributed by atoms with E-state index in [9.17, 15) is 0 Å². The number of para-hydroxylation sites is 2. The molecule has 0 atom stereocenters. The number of aryl methyl sites for hydroxylation is 1. The van der Waals surface area contributed by atoms with Crippen LogP contribution in [0.4, 0.5) is 0 Å². The lowest BCUT2D eigenvalue weighted by atomic mass is 10.1. The summed E-state index contributed by atoms with van der Waals surface area (Å²) in [6.45, 7) is 2.15. The van der Waals surface area contributed by atoms with Crippen LogP contribution in [0.3, 0.4) is 0 Å². The molecule has 6 heteroatoms. The number of nitrogens with zero attached hydrogens (tertiary/aromatic N) is 2. The molecule has 0 aliphatic rings. The molecule has 2 aromatic heterocycles. The third-order valence-corrected chi connectivity index (χ3v) is 5.08. The third kappa shape index (κ3) is 4.43. The average Bonchev–Trinajstić information content (AvgIpc) is 2.95. The van der Waals surface area contributed by atoms with Gasteiger partial charge in [0.05, 0.1) is 21.8 Å². The van der Waals surface area contributed by atoms with Gasteiger partial charge < -0.3 is 4.98 Å². The van der Waals surface area contributed by atoms with Gasteiger partial charge in [-0.3, -0.25) is 0 Å². The number of hydrogen-bond donors (Lipinski definition) is 2. The second kappa shape index (κ2) is 8.62. The first-order chi connectivity index (χ1) is 10.8. The Morgan fingerprint density at radius 2 is 2.04 bits per heavy atom. The van der Waals surface area contributed by atoms with Gasteiger partial charge in [-0.05, 0) is 54.8 Å². The summed E-state index contributed by atoms with van der Waals surface area (Å²) in [5.74, 6) is 2.72. The Kier molecular flexibility index (Phi) is 6.81. The largest absolute Gasteiger partial charge is 0.341 e. The summed E-state index contributed by atoms with van der Waals surface area (Å²) in [5, 5.41) is 1.09. The van der Waals surface area contributed by atoms with E-state index >= 15 is 0 Å². The first-order valence-corrected chi connectivity index (χ1v) is 9.01. The number of thioether (sulfide) groups is 1. The van der Waals surface area contributed by atoms with Crippen molar-refractivity contribution in [3.63, 3.8) is 0 Å². The normalized spacial score (nSPS) is 10.7. The SMILES string of the molecule is Cc1c(CCCS)ccnc1SCc1nc2ccccc2[nH]1.Cl. The van der Waals surface area contributed by atoms with Crippen molar-refractivity contribution in [2.24, 2.45) is 0 Å². The van der Waals surface area contributed by atoms with Gasteiger partial charge in [0.2, 0.25) is 0 Å². The maximum absolute atomic E-state index is 4.62. The molecular weight excluding hydrogens is 346 g/mol. The van der Waals surface area contributed by atoms with Crippen LogP contribution in [0.1, 0.15) is 23.4 Å². The molecule has 3 rings (SSSR count). The topological polar surface area (TPSA) is 41.6 Å². The Labute approximate surface area is 152 Å². The minimum absolute atomic E-state index is 0. The van der Waals surface area contributed by atoms with E-state index in [0.717, 1.165) is 46.2 Å². The summed E-state index contributed by atoms with van der Waals surface area (Å²) < 4.78 is 0. The van der Waals surface area contributed by atoms with Crippen LogP contribution in [0.25, 0.3) is 11.0 Å². The van der Waals surface area contributed by atoms with Crippen molar-refractivity contribution in [1.29, 1.82) is 0 Å². The fourth-order valence-electron chi connectivity index (χ4n) is 2.45. The molecule has 2 heterocycles. The first kappa shape index (κ1) is 18.2. The number of imidazole rings is 1. The number of H-pyrrole nitrogens is 1. The molecule has 0 unspecified atom stereocenters. The highest BCUT2D eigenvalue weighted by Crippen LogP contribution is 2.26. The van der Waals surface area contributed by atoms with E-state index in [1.165, 1.54) is 11.1 Å². The highest BCUT2D eigenvalue weighted by atomic mass is 35.5. The van der Waals surface area contributed by atoms with Crippen LogP contribution in [-0.4, -0.2) is 20.7 Å². The van der Waals surface area contributed by atoms with Gasteiger partial charge in [0.25, 0.3) is 0 Å². The monoisotopic (exact) mass is 365 g/mol. The lowest BCUT2D eigenvalue weighted by Gasteiger charge is -2.09. The third-order valence-electron chi connectivity index (χ3n) is 3.66. The lowest BCUT2D eigenvalue weighted by Crippen LogP contribution is -1.96. The van der Waals surface area contributed by atoms with Crippen LogP contribution < -0.4 is 0 Å². The second-order valence-corrected chi connectivity index (χ2v) is 6.63. The molecule has 0 fully saturated rings. The van der Waals surface area contributed by atoms with Crippen LogP contribution in [0.15, 0.2) is 41.6 Å². The summed E-state index contributed by atoms with van der Waals surface area (Å²) >= 11 is 6.03. The van der Waals surface area contributed by atoms with Crippen molar-refractivity contribution in [1.82, 2.24) is 15.0 Å². The second-order valence-electron chi connectivity index (χ2n) is 5.22. The highest BCUT2D eigenvalue weighted by Gasteiger charge is 2.08. The van der Waals surface area contributed by atoms with E-state index in [1.807, 2.05) is 24.4 Å². The number of hydrogen-bond acceptors (Lipinski definition) is 4. The number of nitrogens with one attached hydrogen (secondary N) is 1. The Morgan fingerprint density at radius 3 is 2.83 bits per heavy atom. The minimum Gasteiger partial charge on any atom is -0.341 e. The van der Waals surface area contributed by atoms with Gasteiger partial charge in [0.15, 0.2) is 0 Å². The molecule has 0 bridgehead atoms. The van der Waals surface area contributed by atoms with Crippen LogP contribution in [0.2, 0.25) is 0 Å². The Hall–Kier alpha value is -1.17. The zero-order valence-electron chi connectivity index (χ0n) is 13.0. The van der Waals surface area contributed by atoms with Gasteiger partial charge in [-0.2, -0.15) is 12.6 Å². The number of rotatable bonds is 6. The van der Waals surface area contributed by atoms with Gasteiger partial charge in [-0.1, -0.05) is 23.9 Å². The number of benzene rings is 1. The van der Waals surface area contributed by atoms with Gasteiger partial charge in [-0.25, -0.2) is 9.97 Å². The van der Waals surface area contributed by atoms with E-state index in [-0.39, 0.29) is 12.4 Å². The van der Waals surface area contributed by atoms with Crippen molar-refractivity contribution in [2.75, 3.05) is 5.75 Å². The summed E-state index contributed by atoms with van der Waals surface area (Å²) in [4.78, 5) is 12.5. The first-order valence-electron chi connectivity index (χ1n) is 7.39. The smallest absolute Gasteiger partial charge is 0.117 e. The molecule has 1 aromatic carbocycles. The summed E-state index contributed by atoms with van der Waals surface area (Å²) in [5.41, 5.74) is 4.76. The maximum Gasteiger partial charge on any atom is 0.117 e. The van der Waals surface area contributed by atoms with Crippen LogP contribution in [0.5, 0.6) is 0 Å². The molecule has 1 N–H and O–H groups in total. The Balaban J connectivity index is 0.00000192. The van der Waals surface area contributed by atoms with Gasteiger partial charge in [0, 0.05) is 6.20 Å². The minimum atomic E-state index is 0. The maximum atomic E-state index is 4.62.